The van der Waals surface area contributed by atoms with Crippen molar-refractivity contribution in [2.75, 3.05) is 6.54 Å². The van der Waals surface area contributed by atoms with Crippen molar-refractivity contribution in [2.45, 2.75) is 19.1 Å². The van der Waals surface area contributed by atoms with Gasteiger partial charge in [0.25, 0.3) is 0 Å². The summed E-state index contributed by atoms with van der Waals surface area (Å²) in [5.74, 6) is -1.90. The van der Waals surface area contributed by atoms with Crippen molar-refractivity contribution >= 4 is 41.2 Å². The van der Waals surface area contributed by atoms with E-state index in [0.717, 1.165) is 5.56 Å². The minimum absolute atomic E-state index is 0.0322. The summed E-state index contributed by atoms with van der Waals surface area (Å²) in [5, 5.41) is 14.6. The Morgan fingerprint density at radius 2 is 1.79 bits per heavy atom. The minimum Gasteiger partial charge on any atom is -0.480 e. The second kappa shape index (κ2) is 10.5. The van der Waals surface area contributed by atoms with E-state index in [2.05, 4.69) is 10.6 Å². The second-order valence-corrected chi connectivity index (χ2v) is 6.66. The molecule has 0 aromatic heterocycles. The molecule has 0 radical (unpaired) electrons. The van der Waals surface area contributed by atoms with Crippen LogP contribution in [0.3, 0.4) is 0 Å². The highest BCUT2D eigenvalue weighted by Gasteiger charge is 2.22. The van der Waals surface area contributed by atoms with Crippen molar-refractivity contribution in [1.29, 1.82) is 0 Å². The molecule has 0 unspecified atom stereocenters. The SMILES string of the molecule is O=C(CNC(=O)OCc1ccccc1)N[C@@H](Cc1ccc(Cl)cc1Cl)C(=O)O. The van der Waals surface area contributed by atoms with Gasteiger partial charge in [-0.3, -0.25) is 4.79 Å². The highest BCUT2D eigenvalue weighted by Crippen LogP contribution is 2.22. The summed E-state index contributed by atoms with van der Waals surface area (Å²) in [6, 6.07) is 12.5. The lowest BCUT2D eigenvalue weighted by Crippen LogP contribution is -2.46. The number of rotatable bonds is 8. The standard InChI is InChI=1S/C19H18Cl2N2O5/c20-14-7-6-13(15(21)9-14)8-16(18(25)26)23-17(24)10-22-19(27)28-11-12-4-2-1-3-5-12/h1-7,9,16H,8,10-11H2,(H,22,27)(H,23,24)(H,25,26)/t16-/m0/s1. The monoisotopic (exact) mass is 424 g/mol. The summed E-state index contributed by atoms with van der Waals surface area (Å²) in [7, 11) is 0. The maximum absolute atomic E-state index is 12.0. The number of nitrogens with one attached hydrogen (secondary N) is 2. The number of carboxylic acid groups (broad SMARTS) is 1. The van der Waals surface area contributed by atoms with Crippen LogP contribution in [0, 0.1) is 0 Å². The fraction of sp³-hybridized carbons (Fsp3) is 0.211. The van der Waals surface area contributed by atoms with Crippen molar-refractivity contribution in [3.63, 3.8) is 0 Å². The second-order valence-electron chi connectivity index (χ2n) is 5.81. The van der Waals surface area contributed by atoms with Gasteiger partial charge in [-0.2, -0.15) is 0 Å². The van der Waals surface area contributed by atoms with Crippen LogP contribution in [0.15, 0.2) is 48.5 Å². The highest BCUT2D eigenvalue weighted by molar-refractivity contribution is 6.35. The molecule has 0 aliphatic heterocycles. The van der Waals surface area contributed by atoms with Crippen LogP contribution in [-0.4, -0.2) is 35.7 Å². The maximum atomic E-state index is 12.0. The Bertz CT molecular complexity index is 845. The Kier molecular flexibility index (Phi) is 8.10. The summed E-state index contributed by atoms with van der Waals surface area (Å²) < 4.78 is 4.98. The lowest BCUT2D eigenvalue weighted by molar-refractivity contribution is -0.141. The van der Waals surface area contributed by atoms with Crippen LogP contribution in [0.1, 0.15) is 11.1 Å². The van der Waals surface area contributed by atoms with E-state index in [9.17, 15) is 19.5 Å². The van der Waals surface area contributed by atoms with Gasteiger partial charge in [0.15, 0.2) is 0 Å². The van der Waals surface area contributed by atoms with E-state index < -0.39 is 30.6 Å². The van der Waals surface area contributed by atoms with Crippen molar-refractivity contribution in [1.82, 2.24) is 10.6 Å². The van der Waals surface area contributed by atoms with Crippen LogP contribution in [-0.2, 0) is 27.4 Å². The summed E-state index contributed by atoms with van der Waals surface area (Å²) in [6.07, 6.45) is -0.818. The average molecular weight is 425 g/mol. The molecule has 2 aromatic rings. The van der Waals surface area contributed by atoms with Crippen LogP contribution in [0.4, 0.5) is 4.79 Å². The third kappa shape index (κ3) is 7.09. The number of aliphatic carboxylic acids is 1. The molecular formula is C19H18Cl2N2O5. The first-order valence-corrected chi connectivity index (χ1v) is 9.01. The number of amides is 2. The van der Waals surface area contributed by atoms with E-state index in [0.29, 0.717) is 15.6 Å². The minimum atomic E-state index is -1.23. The van der Waals surface area contributed by atoms with E-state index in [4.69, 9.17) is 27.9 Å². The van der Waals surface area contributed by atoms with Crippen molar-refractivity contribution in [3.05, 3.63) is 69.7 Å². The van der Waals surface area contributed by atoms with Crippen LogP contribution >= 0.6 is 23.2 Å². The number of hydrogen-bond acceptors (Lipinski definition) is 4. The predicted molar refractivity (Wildman–Crippen MR) is 104 cm³/mol. The van der Waals surface area contributed by atoms with Crippen molar-refractivity contribution < 1.29 is 24.2 Å². The Labute approximate surface area is 171 Å². The molecule has 0 bridgehead atoms. The van der Waals surface area contributed by atoms with Gasteiger partial charge in [-0.1, -0.05) is 59.6 Å². The van der Waals surface area contributed by atoms with E-state index in [-0.39, 0.29) is 13.0 Å². The average Bonchev–Trinajstić information content (AvgIpc) is 2.66. The molecule has 2 amide bonds. The summed E-state index contributed by atoms with van der Waals surface area (Å²) >= 11 is 11.9. The molecule has 2 aromatic carbocycles. The van der Waals surface area contributed by atoms with Gasteiger partial charge in [0.2, 0.25) is 5.91 Å². The Hall–Kier alpha value is -2.77. The number of ether oxygens (including phenoxy) is 1. The van der Waals surface area contributed by atoms with Gasteiger partial charge in [-0.15, -0.1) is 0 Å². The van der Waals surface area contributed by atoms with Gasteiger partial charge < -0.3 is 20.5 Å². The van der Waals surface area contributed by atoms with E-state index in [1.165, 1.54) is 6.07 Å². The molecule has 0 heterocycles. The quantitative estimate of drug-likeness (QED) is 0.603. The number of alkyl carbamates (subject to hydrolysis) is 1. The third-order valence-corrected chi connectivity index (χ3v) is 4.27. The molecular weight excluding hydrogens is 407 g/mol. The lowest BCUT2D eigenvalue weighted by Gasteiger charge is -2.16. The first-order chi connectivity index (χ1) is 13.3. The summed E-state index contributed by atoms with van der Waals surface area (Å²) in [4.78, 5) is 35.0. The number of halogens is 2. The first kappa shape index (κ1) is 21.5. The number of benzene rings is 2. The first-order valence-electron chi connectivity index (χ1n) is 8.26. The molecule has 0 spiro atoms. The Morgan fingerprint density at radius 3 is 2.43 bits per heavy atom. The third-order valence-electron chi connectivity index (χ3n) is 3.68. The molecule has 0 saturated heterocycles. The molecule has 0 saturated carbocycles. The molecule has 0 fully saturated rings. The molecule has 148 valence electrons. The van der Waals surface area contributed by atoms with Gasteiger partial charge in [-0.05, 0) is 23.3 Å². The summed E-state index contributed by atoms with van der Waals surface area (Å²) in [5.41, 5.74) is 1.32. The molecule has 9 heteroatoms. The van der Waals surface area contributed by atoms with Crippen LogP contribution in [0.2, 0.25) is 10.0 Å². The van der Waals surface area contributed by atoms with Crippen molar-refractivity contribution in [3.8, 4) is 0 Å². The van der Waals surface area contributed by atoms with E-state index in [1.54, 1.807) is 24.3 Å². The highest BCUT2D eigenvalue weighted by atomic mass is 35.5. The molecule has 0 aliphatic rings. The molecule has 3 N–H and O–H groups in total. The Morgan fingerprint density at radius 1 is 1.07 bits per heavy atom. The zero-order chi connectivity index (χ0) is 20.5. The van der Waals surface area contributed by atoms with Crippen molar-refractivity contribution in [2.24, 2.45) is 0 Å². The summed E-state index contributed by atoms with van der Waals surface area (Å²) in [6.45, 7) is -0.368. The van der Waals surface area contributed by atoms with Gasteiger partial charge in [0.05, 0.1) is 0 Å². The van der Waals surface area contributed by atoms with Gasteiger partial charge in [0, 0.05) is 16.5 Å². The normalized spacial score (nSPS) is 11.4. The molecule has 2 rings (SSSR count). The largest absolute Gasteiger partial charge is 0.480 e. The topological polar surface area (TPSA) is 105 Å². The van der Waals surface area contributed by atoms with Gasteiger partial charge >= 0.3 is 12.1 Å². The fourth-order valence-electron chi connectivity index (χ4n) is 2.28. The fourth-order valence-corrected chi connectivity index (χ4v) is 2.76. The lowest BCUT2D eigenvalue weighted by atomic mass is 10.1. The number of carbonyl (C=O) groups excluding carboxylic acids is 2. The molecule has 0 aliphatic carbocycles. The van der Waals surface area contributed by atoms with Crippen LogP contribution < -0.4 is 10.6 Å². The maximum Gasteiger partial charge on any atom is 0.407 e. The molecule has 1 atom stereocenters. The van der Waals surface area contributed by atoms with Gasteiger partial charge in [-0.25, -0.2) is 9.59 Å². The van der Waals surface area contributed by atoms with Crippen LogP contribution in [0.5, 0.6) is 0 Å². The van der Waals surface area contributed by atoms with Crippen LogP contribution in [0.25, 0.3) is 0 Å². The zero-order valence-electron chi connectivity index (χ0n) is 14.7. The number of carboxylic acids is 1. The molecule has 7 nitrogen and oxygen atoms in total. The number of hydrogen-bond donors (Lipinski definition) is 3. The smallest absolute Gasteiger partial charge is 0.407 e. The Balaban J connectivity index is 1.81. The van der Waals surface area contributed by atoms with E-state index >= 15 is 0 Å². The van der Waals surface area contributed by atoms with Gasteiger partial charge in [0.1, 0.15) is 19.2 Å². The zero-order valence-corrected chi connectivity index (χ0v) is 16.2. The predicted octanol–water partition coefficient (Wildman–Crippen LogP) is 3.03. The molecule has 28 heavy (non-hydrogen) atoms. The number of carbonyl (C=O) groups is 3. The van der Waals surface area contributed by atoms with E-state index in [1.807, 2.05) is 18.2 Å².